The van der Waals surface area contributed by atoms with E-state index in [-0.39, 0.29) is 23.9 Å². The first kappa shape index (κ1) is 25.8. The van der Waals surface area contributed by atoms with Gasteiger partial charge in [-0.3, -0.25) is 14.3 Å². The lowest BCUT2D eigenvalue weighted by Gasteiger charge is -2.25. The Labute approximate surface area is 217 Å². The summed E-state index contributed by atoms with van der Waals surface area (Å²) in [6.07, 6.45) is 6.96. The summed E-state index contributed by atoms with van der Waals surface area (Å²) in [6.45, 7) is 6.14. The van der Waals surface area contributed by atoms with E-state index in [4.69, 9.17) is 0 Å². The molecule has 2 aromatic heterocycles. The second kappa shape index (κ2) is 11.7. The number of aromatic nitrogens is 3. The van der Waals surface area contributed by atoms with Gasteiger partial charge < -0.3 is 5.11 Å². The van der Waals surface area contributed by atoms with Crippen molar-refractivity contribution in [2.45, 2.75) is 58.9 Å². The van der Waals surface area contributed by atoms with Crippen LogP contribution in [0, 0.1) is 18.3 Å². The summed E-state index contributed by atoms with van der Waals surface area (Å²) in [5.74, 6) is 0.528. The van der Waals surface area contributed by atoms with E-state index in [1.54, 1.807) is 16.8 Å². The smallest absolute Gasteiger partial charge is 0.280 e. The number of hydrogen-bond acceptors (Lipinski definition) is 5. The summed E-state index contributed by atoms with van der Waals surface area (Å²) in [7, 11) is 0. The minimum atomic E-state index is -0.394. The van der Waals surface area contributed by atoms with E-state index >= 15 is 0 Å². The number of aryl methyl sites for hydroxylation is 2. The predicted molar refractivity (Wildman–Crippen MR) is 146 cm³/mol. The Morgan fingerprint density at radius 2 is 1.89 bits per heavy atom. The Hall–Kier alpha value is -4.24. The maximum Gasteiger partial charge on any atom is 0.280 e. The lowest BCUT2D eigenvalue weighted by Crippen LogP contribution is -2.25. The highest BCUT2D eigenvalue weighted by Gasteiger charge is 2.23. The molecule has 0 bridgehead atoms. The summed E-state index contributed by atoms with van der Waals surface area (Å²) in [5.41, 5.74) is 5.54. The van der Waals surface area contributed by atoms with Crippen LogP contribution in [-0.4, -0.2) is 19.6 Å². The van der Waals surface area contributed by atoms with Crippen molar-refractivity contribution in [3.05, 3.63) is 111 Å². The standard InChI is InChI=1S/C31H32N4O2/c1-4-6-10-29-34-30(36)27(18-22-11-13-24(14-12-22)26-15-16-33-20-21(26)3)31(37)35(29)28(5-2)25-9-7-8-23(17-25)19-32/h7-9,11-17,20,28,37H,4-6,10,18H2,1-3H3/t28-/m0/s1. The SMILES string of the molecule is CCCCc1nc(=O)c(Cc2ccc(-c3ccncc3C)cc2)c(O)n1[C@@H](CC)c1cccc(C#N)c1. The Morgan fingerprint density at radius 3 is 2.57 bits per heavy atom. The third-order valence-electron chi connectivity index (χ3n) is 6.78. The fourth-order valence-corrected chi connectivity index (χ4v) is 4.78. The first-order valence-electron chi connectivity index (χ1n) is 12.8. The first-order chi connectivity index (χ1) is 18.0. The molecule has 0 amide bonds. The maximum absolute atomic E-state index is 13.1. The number of nitrogens with zero attached hydrogens (tertiary/aromatic N) is 4. The molecule has 0 aliphatic carbocycles. The topological polar surface area (TPSA) is 91.8 Å². The molecule has 1 N–H and O–H groups in total. The molecule has 1 atom stereocenters. The summed E-state index contributed by atoms with van der Waals surface area (Å²) >= 11 is 0. The zero-order valence-electron chi connectivity index (χ0n) is 21.6. The second-order valence-corrected chi connectivity index (χ2v) is 9.33. The Balaban J connectivity index is 1.76. The molecule has 0 radical (unpaired) electrons. The number of aromatic hydroxyl groups is 1. The van der Waals surface area contributed by atoms with Crippen molar-refractivity contribution in [3.63, 3.8) is 0 Å². The van der Waals surface area contributed by atoms with Crippen LogP contribution in [0.5, 0.6) is 5.88 Å². The molecule has 2 aromatic carbocycles. The molecule has 6 nitrogen and oxygen atoms in total. The molecule has 0 spiro atoms. The molecule has 6 heteroatoms. The summed E-state index contributed by atoms with van der Waals surface area (Å²) in [4.78, 5) is 21.7. The number of nitriles is 1. The van der Waals surface area contributed by atoms with Gasteiger partial charge >= 0.3 is 0 Å². The molecule has 0 saturated heterocycles. The van der Waals surface area contributed by atoms with Gasteiger partial charge in [0.1, 0.15) is 5.82 Å². The average Bonchev–Trinajstić information content (AvgIpc) is 2.92. The van der Waals surface area contributed by atoms with Crippen molar-refractivity contribution in [2.75, 3.05) is 0 Å². The van der Waals surface area contributed by atoms with Gasteiger partial charge in [-0.25, -0.2) is 0 Å². The van der Waals surface area contributed by atoms with Gasteiger partial charge in [-0.2, -0.15) is 10.2 Å². The first-order valence-corrected chi connectivity index (χ1v) is 12.8. The largest absolute Gasteiger partial charge is 0.494 e. The predicted octanol–water partition coefficient (Wildman–Crippen LogP) is 6.12. The number of benzene rings is 2. The van der Waals surface area contributed by atoms with Gasteiger partial charge in [0.05, 0.1) is 23.2 Å². The van der Waals surface area contributed by atoms with Crippen LogP contribution in [0.15, 0.2) is 71.8 Å². The van der Waals surface area contributed by atoms with Crippen molar-refractivity contribution >= 4 is 0 Å². The molecule has 0 aliphatic heterocycles. The van der Waals surface area contributed by atoms with Gasteiger partial charge in [-0.15, -0.1) is 0 Å². The molecule has 0 unspecified atom stereocenters. The third-order valence-corrected chi connectivity index (χ3v) is 6.78. The number of pyridine rings is 1. The maximum atomic E-state index is 13.1. The zero-order chi connectivity index (χ0) is 26.4. The van der Waals surface area contributed by atoms with E-state index in [9.17, 15) is 15.2 Å². The molecule has 37 heavy (non-hydrogen) atoms. The van der Waals surface area contributed by atoms with Crippen LogP contribution in [0.4, 0.5) is 0 Å². The summed E-state index contributed by atoms with van der Waals surface area (Å²) < 4.78 is 1.80. The van der Waals surface area contributed by atoms with Crippen LogP contribution in [0.25, 0.3) is 11.1 Å². The minimum Gasteiger partial charge on any atom is -0.494 e. The van der Waals surface area contributed by atoms with Crippen LogP contribution in [0.1, 0.15) is 72.8 Å². The zero-order valence-corrected chi connectivity index (χ0v) is 21.6. The Morgan fingerprint density at radius 1 is 1.11 bits per heavy atom. The molecule has 0 saturated carbocycles. The van der Waals surface area contributed by atoms with Crippen LogP contribution in [-0.2, 0) is 12.8 Å². The quantitative estimate of drug-likeness (QED) is 0.304. The average molecular weight is 493 g/mol. The molecule has 4 aromatic rings. The summed E-state index contributed by atoms with van der Waals surface area (Å²) in [5, 5.41) is 20.9. The van der Waals surface area contributed by atoms with E-state index in [2.05, 4.69) is 23.0 Å². The molecular formula is C31H32N4O2. The van der Waals surface area contributed by atoms with Crippen molar-refractivity contribution < 1.29 is 5.11 Å². The van der Waals surface area contributed by atoms with Crippen molar-refractivity contribution in [3.8, 4) is 23.1 Å². The molecule has 0 aliphatic rings. The molecule has 188 valence electrons. The van der Waals surface area contributed by atoms with Gasteiger partial charge in [0.2, 0.25) is 5.88 Å². The van der Waals surface area contributed by atoms with E-state index in [1.807, 2.05) is 68.6 Å². The van der Waals surface area contributed by atoms with Gasteiger partial charge in [0.15, 0.2) is 0 Å². The van der Waals surface area contributed by atoms with Gasteiger partial charge in [-0.1, -0.05) is 56.7 Å². The highest BCUT2D eigenvalue weighted by atomic mass is 16.3. The number of rotatable bonds is 9. The van der Waals surface area contributed by atoms with Crippen LogP contribution in [0.3, 0.4) is 0 Å². The van der Waals surface area contributed by atoms with E-state index in [0.717, 1.165) is 40.7 Å². The normalized spacial score (nSPS) is 11.7. The van der Waals surface area contributed by atoms with Crippen molar-refractivity contribution in [1.82, 2.24) is 14.5 Å². The van der Waals surface area contributed by atoms with E-state index in [0.29, 0.717) is 24.2 Å². The highest BCUT2D eigenvalue weighted by Crippen LogP contribution is 2.31. The van der Waals surface area contributed by atoms with Crippen LogP contribution < -0.4 is 5.56 Å². The van der Waals surface area contributed by atoms with Crippen molar-refractivity contribution in [2.24, 2.45) is 0 Å². The van der Waals surface area contributed by atoms with Gasteiger partial charge in [0.25, 0.3) is 5.56 Å². The van der Waals surface area contributed by atoms with Gasteiger partial charge in [0, 0.05) is 25.2 Å². The molecule has 2 heterocycles. The highest BCUT2D eigenvalue weighted by molar-refractivity contribution is 5.66. The number of hydrogen-bond donors (Lipinski definition) is 1. The van der Waals surface area contributed by atoms with E-state index in [1.165, 1.54) is 0 Å². The Bertz CT molecular complexity index is 1480. The lowest BCUT2D eigenvalue weighted by atomic mass is 9.98. The van der Waals surface area contributed by atoms with Crippen LogP contribution in [0.2, 0.25) is 0 Å². The fraction of sp³-hybridized carbons (Fsp3) is 0.290. The van der Waals surface area contributed by atoms with Crippen molar-refractivity contribution in [1.29, 1.82) is 5.26 Å². The summed E-state index contributed by atoms with van der Waals surface area (Å²) in [6, 6.07) is 19.4. The second-order valence-electron chi connectivity index (χ2n) is 9.33. The number of unbranched alkanes of at least 4 members (excludes halogenated alkanes) is 1. The monoisotopic (exact) mass is 492 g/mol. The molecule has 0 fully saturated rings. The van der Waals surface area contributed by atoms with Crippen LogP contribution >= 0.6 is 0 Å². The Kier molecular flexibility index (Phi) is 8.15. The third kappa shape index (κ3) is 5.62. The lowest BCUT2D eigenvalue weighted by molar-refractivity contribution is 0.368. The van der Waals surface area contributed by atoms with Gasteiger partial charge in [-0.05, 0) is 65.8 Å². The van der Waals surface area contributed by atoms with E-state index < -0.39 is 5.56 Å². The molecule has 4 rings (SSSR count). The molecular weight excluding hydrogens is 460 g/mol. The minimum absolute atomic E-state index is 0.0469. The fourth-order valence-electron chi connectivity index (χ4n) is 4.78.